The van der Waals surface area contributed by atoms with E-state index in [0.717, 1.165) is 29.9 Å². The zero-order valence-electron chi connectivity index (χ0n) is 14.4. The van der Waals surface area contributed by atoms with Gasteiger partial charge in [-0.3, -0.25) is 0 Å². The fraction of sp³-hybridized carbons (Fsp3) is 0.474. The summed E-state index contributed by atoms with van der Waals surface area (Å²) >= 11 is 0. The van der Waals surface area contributed by atoms with Crippen LogP contribution in [0.15, 0.2) is 24.5 Å². The molecule has 0 amide bonds. The molecule has 0 unspecified atom stereocenters. The minimum Gasteiger partial charge on any atom is -0.354 e. The summed E-state index contributed by atoms with van der Waals surface area (Å²) in [5, 5.41) is 1.23. The first kappa shape index (κ1) is 14.5. The number of anilines is 1. The number of rotatable bonds is 1. The Hall–Kier alpha value is -2.10. The molecule has 1 saturated heterocycles. The fourth-order valence-corrected chi connectivity index (χ4v) is 4.20. The lowest BCUT2D eigenvalue weighted by Gasteiger charge is -2.36. The molecule has 0 radical (unpaired) electrons. The average molecular weight is 308 g/mol. The van der Waals surface area contributed by atoms with E-state index in [2.05, 4.69) is 65.5 Å². The van der Waals surface area contributed by atoms with Crippen molar-refractivity contribution in [3.8, 4) is 0 Å². The molecule has 1 aliphatic rings. The van der Waals surface area contributed by atoms with Crippen LogP contribution < -0.4 is 4.90 Å². The summed E-state index contributed by atoms with van der Waals surface area (Å²) in [6.07, 6.45) is 3.03. The SMILES string of the molecule is Cc1ccc2c(c1)c1ncnc(N3C[C@H](C)C[C@@H](C)C3)c1n2C. The Labute approximate surface area is 137 Å². The molecule has 0 N–H and O–H groups in total. The molecule has 1 fully saturated rings. The van der Waals surface area contributed by atoms with Crippen LogP contribution in [0.4, 0.5) is 5.82 Å². The van der Waals surface area contributed by atoms with E-state index in [4.69, 9.17) is 0 Å². The van der Waals surface area contributed by atoms with Crippen LogP contribution in [0.3, 0.4) is 0 Å². The summed E-state index contributed by atoms with van der Waals surface area (Å²) in [4.78, 5) is 11.7. The molecule has 120 valence electrons. The molecule has 3 aromatic rings. The van der Waals surface area contributed by atoms with Gasteiger partial charge in [0.25, 0.3) is 0 Å². The van der Waals surface area contributed by atoms with E-state index in [1.54, 1.807) is 6.33 Å². The van der Waals surface area contributed by atoms with E-state index in [-0.39, 0.29) is 0 Å². The van der Waals surface area contributed by atoms with Gasteiger partial charge in [0.15, 0.2) is 5.82 Å². The molecule has 4 heteroatoms. The molecule has 1 aromatic carbocycles. The monoisotopic (exact) mass is 308 g/mol. The van der Waals surface area contributed by atoms with Crippen LogP contribution in [0.2, 0.25) is 0 Å². The number of benzene rings is 1. The summed E-state index contributed by atoms with van der Waals surface area (Å²) in [5.41, 5.74) is 4.73. The van der Waals surface area contributed by atoms with Crippen molar-refractivity contribution < 1.29 is 0 Å². The molecular weight excluding hydrogens is 284 g/mol. The zero-order valence-corrected chi connectivity index (χ0v) is 14.4. The lowest BCUT2D eigenvalue weighted by atomic mass is 9.92. The van der Waals surface area contributed by atoms with Crippen LogP contribution in [-0.4, -0.2) is 27.6 Å². The van der Waals surface area contributed by atoms with Gasteiger partial charge < -0.3 is 9.47 Å². The molecule has 1 aliphatic heterocycles. The Balaban J connectivity index is 1.96. The van der Waals surface area contributed by atoms with E-state index in [0.29, 0.717) is 11.8 Å². The number of fused-ring (bicyclic) bond motifs is 3. The van der Waals surface area contributed by atoms with Crippen molar-refractivity contribution in [1.82, 2.24) is 14.5 Å². The van der Waals surface area contributed by atoms with Gasteiger partial charge in [0, 0.05) is 25.5 Å². The third-order valence-electron chi connectivity index (χ3n) is 5.08. The molecule has 4 nitrogen and oxygen atoms in total. The van der Waals surface area contributed by atoms with Gasteiger partial charge in [-0.2, -0.15) is 0 Å². The summed E-state index contributed by atoms with van der Waals surface area (Å²) in [6, 6.07) is 6.59. The number of hydrogen-bond acceptors (Lipinski definition) is 3. The predicted molar refractivity (Wildman–Crippen MR) is 95.9 cm³/mol. The molecule has 0 spiro atoms. The van der Waals surface area contributed by atoms with Crippen molar-refractivity contribution >= 4 is 27.8 Å². The Bertz CT molecular complexity index is 870. The minimum atomic E-state index is 0.709. The molecule has 2 atom stereocenters. The van der Waals surface area contributed by atoms with Crippen molar-refractivity contribution in [2.75, 3.05) is 18.0 Å². The molecule has 0 bridgehead atoms. The van der Waals surface area contributed by atoms with Crippen LogP contribution in [0.25, 0.3) is 21.9 Å². The van der Waals surface area contributed by atoms with Gasteiger partial charge in [0.1, 0.15) is 17.4 Å². The average Bonchev–Trinajstić information content (AvgIpc) is 2.79. The molecule has 4 rings (SSSR count). The first-order valence-electron chi connectivity index (χ1n) is 8.49. The van der Waals surface area contributed by atoms with Gasteiger partial charge in [-0.25, -0.2) is 9.97 Å². The maximum Gasteiger partial charge on any atom is 0.156 e. The molecule has 23 heavy (non-hydrogen) atoms. The highest BCUT2D eigenvalue weighted by molar-refractivity contribution is 6.09. The molecule has 3 heterocycles. The lowest BCUT2D eigenvalue weighted by molar-refractivity contribution is 0.355. The Morgan fingerprint density at radius 1 is 1.09 bits per heavy atom. The van der Waals surface area contributed by atoms with Gasteiger partial charge in [-0.1, -0.05) is 25.5 Å². The number of piperidine rings is 1. The van der Waals surface area contributed by atoms with E-state index >= 15 is 0 Å². The van der Waals surface area contributed by atoms with Crippen molar-refractivity contribution in [3.05, 3.63) is 30.1 Å². The highest BCUT2D eigenvalue weighted by Crippen LogP contribution is 2.34. The third-order valence-corrected chi connectivity index (χ3v) is 5.08. The minimum absolute atomic E-state index is 0.709. The second kappa shape index (κ2) is 5.22. The summed E-state index contributed by atoms with van der Waals surface area (Å²) in [7, 11) is 2.13. The Morgan fingerprint density at radius 2 is 1.83 bits per heavy atom. The van der Waals surface area contributed by atoms with E-state index in [1.807, 2.05) is 0 Å². The number of aromatic nitrogens is 3. The number of nitrogens with zero attached hydrogens (tertiary/aromatic N) is 4. The highest BCUT2D eigenvalue weighted by atomic mass is 15.2. The van der Waals surface area contributed by atoms with Crippen molar-refractivity contribution in [2.45, 2.75) is 27.2 Å². The maximum atomic E-state index is 4.67. The van der Waals surface area contributed by atoms with Crippen LogP contribution >= 0.6 is 0 Å². The highest BCUT2D eigenvalue weighted by Gasteiger charge is 2.25. The zero-order chi connectivity index (χ0) is 16.1. The third kappa shape index (κ3) is 2.28. The normalized spacial score (nSPS) is 22.2. The smallest absolute Gasteiger partial charge is 0.156 e. The number of hydrogen-bond donors (Lipinski definition) is 0. The van der Waals surface area contributed by atoms with Crippen molar-refractivity contribution in [1.29, 1.82) is 0 Å². The second-order valence-electron chi connectivity index (χ2n) is 7.33. The fourth-order valence-electron chi connectivity index (χ4n) is 4.20. The first-order valence-corrected chi connectivity index (χ1v) is 8.49. The van der Waals surface area contributed by atoms with E-state index < -0.39 is 0 Å². The molecule has 0 saturated carbocycles. The molecule has 2 aromatic heterocycles. The van der Waals surface area contributed by atoms with Gasteiger partial charge in [0.05, 0.1) is 5.52 Å². The summed E-state index contributed by atoms with van der Waals surface area (Å²) < 4.78 is 2.25. The van der Waals surface area contributed by atoms with Crippen LogP contribution in [0.1, 0.15) is 25.8 Å². The first-order chi connectivity index (χ1) is 11.0. The maximum absolute atomic E-state index is 4.67. The Morgan fingerprint density at radius 3 is 2.57 bits per heavy atom. The van der Waals surface area contributed by atoms with Crippen molar-refractivity contribution in [3.63, 3.8) is 0 Å². The largest absolute Gasteiger partial charge is 0.354 e. The van der Waals surface area contributed by atoms with Gasteiger partial charge in [0.2, 0.25) is 0 Å². The van der Waals surface area contributed by atoms with Gasteiger partial charge in [-0.15, -0.1) is 0 Å². The topological polar surface area (TPSA) is 34.0 Å². The van der Waals surface area contributed by atoms with Gasteiger partial charge >= 0.3 is 0 Å². The quantitative estimate of drug-likeness (QED) is 0.683. The summed E-state index contributed by atoms with van der Waals surface area (Å²) in [5.74, 6) is 2.51. The predicted octanol–water partition coefficient (Wildman–Crippen LogP) is 3.91. The van der Waals surface area contributed by atoms with Gasteiger partial charge in [-0.05, 0) is 37.3 Å². The standard InChI is InChI=1S/C19H24N4/c1-12-5-6-16-15(8-12)17-18(22(16)4)19(21-11-20-17)23-9-13(2)7-14(3)10-23/h5-6,8,11,13-14H,7,9-10H2,1-4H3/t13-,14-/m1/s1. The van der Waals surface area contributed by atoms with E-state index in [9.17, 15) is 0 Å². The second-order valence-corrected chi connectivity index (χ2v) is 7.33. The lowest BCUT2D eigenvalue weighted by Crippen LogP contribution is -2.39. The van der Waals surface area contributed by atoms with Crippen molar-refractivity contribution in [2.24, 2.45) is 18.9 Å². The van der Waals surface area contributed by atoms with Crippen LogP contribution in [-0.2, 0) is 7.05 Å². The van der Waals surface area contributed by atoms with E-state index in [1.165, 1.54) is 22.9 Å². The Kier molecular flexibility index (Phi) is 3.29. The molecular formula is C19H24N4. The van der Waals surface area contributed by atoms with Crippen LogP contribution in [0, 0.1) is 18.8 Å². The van der Waals surface area contributed by atoms with Crippen LogP contribution in [0.5, 0.6) is 0 Å². The summed E-state index contributed by atoms with van der Waals surface area (Å²) in [6.45, 7) is 8.97. The number of aryl methyl sites for hydroxylation is 2. The molecule has 0 aliphatic carbocycles.